The predicted molar refractivity (Wildman–Crippen MR) is 56.7 cm³/mol. The predicted octanol–water partition coefficient (Wildman–Crippen LogP) is 0.440. The largest absolute Gasteiger partial charge is 0.478 e. The highest BCUT2D eigenvalue weighted by Gasteiger charge is 2.13. The summed E-state index contributed by atoms with van der Waals surface area (Å²) in [5, 5.41) is 4.11. The number of rotatable bonds is 2. The van der Waals surface area contributed by atoms with Gasteiger partial charge in [-0.15, -0.1) is 5.10 Å². The number of anilines is 2. The average molecular weight is 205 g/mol. The third-order valence-electron chi connectivity index (χ3n) is 2.03. The molecule has 0 aliphatic carbocycles. The molecule has 0 bridgehead atoms. The Kier molecular flexibility index (Phi) is 2.17. The summed E-state index contributed by atoms with van der Waals surface area (Å²) in [5.74, 6) is 0.683. The fraction of sp³-hybridized carbons (Fsp3) is 0.111. The second-order valence-corrected chi connectivity index (χ2v) is 2.93. The van der Waals surface area contributed by atoms with Gasteiger partial charge in [0.1, 0.15) is 5.69 Å². The van der Waals surface area contributed by atoms with E-state index in [0.29, 0.717) is 17.4 Å². The van der Waals surface area contributed by atoms with Crippen LogP contribution in [0.1, 0.15) is 0 Å². The first-order chi connectivity index (χ1) is 7.24. The van der Waals surface area contributed by atoms with Crippen molar-refractivity contribution in [2.45, 2.75) is 0 Å². The minimum atomic E-state index is 0.323. The molecule has 0 amide bonds. The van der Waals surface area contributed by atoms with Crippen LogP contribution in [-0.4, -0.2) is 21.9 Å². The summed E-state index contributed by atoms with van der Waals surface area (Å²) in [6, 6.07) is 3.56. The third-order valence-corrected chi connectivity index (χ3v) is 2.03. The fourth-order valence-electron chi connectivity index (χ4n) is 1.26. The van der Waals surface area contributed by atoms with Gasteiger partial charge in [0.2, 0.25) is 0 Å². The van der Waals surface area contributed by atoms with Gasteiger partial charge in [-0.05, 0) is 12.1 Å². The molecule has 2 heterocycles. The lowest BCUT2D eigenvalue weighted by Crippen LogP contribution is -2.02. The molecule has 0 unspecified atom stereocenters. The molecule has 0 radical (unpaired) electrons. The molecular weight excluding hydrogens is 194 g/mol. The summed E-state index contributed by atoms with van der Waals surface area (Å²) in [4.78, 5) is 3.91. The maximum atomic E-state index is 5.79. The summed E-state index contributed by atoms with van der Waals surface area (Å²) in [6.45, 7) is 0. The smallest absolute Gasteiger partial charge is 0.258 e. The Balaban J connectivity index is 2.55. The number of ether oxygens (including phenoxy) is 1. The highest BCUT2D eigenvalue weighted by molar-refractivity contribution is 5.67. The quantitative estimate of drug-likeness (QED) is 0.742. The first-order valence-corrected chi connectivity index (χ1v) is 4.32. The van der Waals surface area contributed by atoms with Gasteiger partial charge in [0.25, 0.3) is 5.88 Å². The SMILES string of the molecule is COc1nn(-c2ccncc2)c(N)c1N. The molecule has 78 valence electrons. The standard InChI is InChI=1S/C9H11N5O/c1-15-9-7(10)8(11)14(13-9)6-2-4-12-5-3-6/h2-5H,10-11H2,1H3. The van der Waals surface area contributed by atoms with Crippen molar-refractivity contribution >= 4 is 11.5 Å². The maximum absolute atomic E-state index is 5.79. The molecule has 4 N–H and O–H groups in total. The van der Waals surface area contributed by atoms with Gasteiger partial charge in [0.15, 0.2) is 5.82 Å². The molecule has 0 saturated carbocycles. The van der Waals surface area contributed by atoms with Crippen LogP contribution in [0, 0.1) is 0 Å². The highest BCUT2D eigenvalue weighted by Crippen LogP contribution is 2.28. The van der Waals surface area contributed by atoms with Gasteiger partial charge in [0, 0.05) is 12.4 Å². The number of nitrogen functional groups attached to an aromatic ring is 2. The molecule has 2 rings (SSSR count). The van der Waals surface area contributed by atoms with E-state index in [1.54, 1.807) is 24.5 Å². The molecule has 6 heteroatoms. The molecule has 15 heavy (non-hydrogen) atoms. The van der Waals surface area contributed by atoms with Gasteiger partial charge < -0.3 is 16.2 Å². The number of pyridine rings is 1. The molecule has 0 aromatic carbocycles. The van der Waals surface area contributed by atoms with Gasteiger partial charge in [-0.2, -0.15) is 0 Å². The minimum Gasteiger partial charge on any atom is -0.478 e. The first kappa shape index (κ1) is 9.32. The average Bonchev–Trinajstić information content (AvgIpc) is 2.57. The molecule has 0 aliphatic heterocycles. The van der Waals surface area contributed by atoms with Gasteiger partial charge in [-0.1, -0.05) is 0 Å². The van der Waals surface area contributed by atoms with Gasteiger partial charge in [-0.3, -0.25) is 4.98 Å². The van der Waals surface area contributed by atoms with E-state index in [4.69, 9.17) is 16.2 Å². The maximum Gasteiger partial charge on any atom is 0.258 e. The fourth-order valence-corrected chi connectivity index (χ4v) is 1.26. The normalized spacial score (nSPS) is 10.2. The van der Waals surface area contributed by atoms with E-state index >= 15 is 0 Å². The zero-order chi connectivity index (χ0) is 10.8. The van der Waals surface area contributed by atoms with Crippen LogP contribution in [0.25, 0.3) is 5.69 Å². The van der Waals surface area contributed by atoms with Crippen molar-refractivity contribution in [1.29, 1.82) is 0 Å². The van der Waals surface area contributed by atoms with Crippen molar-refractivity contribution in [1.82, 2.24) is 14.8 Å². The molecule has 6 nitrogen and oxygen atoms in total. The summed E-state index contributed by atoms with van der Waals surface area (Å²) >= 11 is 0. The number of nitrogens with two attached hydrogens (primary N) is 2. The van der Waals surface area contributed by atoms with Crippen molar-refractivity contribution in [3.63, 3.8) is 0 Å². The summed E-state index contributed by atoms with van der Waals surface area (Å²) in [7, 11) is 1.50. The van der Waals surface area contributed by atoms with Crippen LogP contribution in [0.4, 0.5) is 11.5 Å². The number of methoxy groups -OCH3 is 1. The molecular formula is C9H11N5O. The second kappa shape index (κ2) is 3.49. The molecule has 2 aromatic heterocycles. The lowest BCUT2D eigenvalue weighted by atomic mass is 10.4. The van der Waals surface area contributed by atoms with Crippen LogP contribution in [0.2, 0.25) is 0 Å². The Bertz CT molecular complexity index is 465. The van der Waals surface area contributed by atoms with E-state index in [9.17, 15) is 0 Å². The Morgan fingerprint density at radius 2 is 1.93 bits per heavy atom. The Morgan fingerprint density at radius 3 is 2.47 bits per heavy atom. The van der Waals surface area contributed by atoms with Crippen LogP contribution >= 0.6 is 0 Å². The minimum absolute atomic E-state index is 0.323. The van der Waals surface area contributed by atoms with Crippen molar-refractivity contribution in [3.8, 4) is 11.6 Å². The Hall–Kier alpha value is -2.24. The van der Waals surface area contributed by atoms with E-state index in [0.717, 1.165) is 5.69 Å². The number of nitrogens with zero attached hydrogens (tertiary/aromatic N) is 3. The van der Waals surface area contributed by atoms with Gasteiger partial charge >= 0.3 is 0 Å². The highest BCUT2D eigenvalue weighted by atomic mass is 16.5. The number of aromatic nitrogens is 3. The summed E-state index contributed by atoms with van der Waals surface area (Å²) < 4.78 is 6.49. The van der Waals surface area contributed by atoms with E-state index in [1.165, 1.54) is 11.8 Å². The van der Waals surface area contributed by atoms with E-state index < -0.39 is 0 Å². The van der Waals surface area contributed by atoms with Crippen molar-refractivity contribution in [2.24, 2.45) is 0 Å². The molecule has 0 spiro atoms. The van der Waals surface area contributed by atoms with Crippen LogP contribution in [0.3, 0.4) is 0 Å². The van der Waals surface area contributed by atoms with Crippen LogP contribution in [0.5, 0.6) is 5.88 Å². The van der Waals surface area contributed by atoms with E-state index in [1.807, 2.05) is 0 Å². The Morgan fingerprint density at radius 1 is 1.27 bits per heavy atom. The monoisotopic (exact) mass is 205 g/mol. The first-order valence-electron chi connectivity index (χ1n) is 4.32. The number of hydrogen-bond acceptors (Lipinski definition) is 5. The molecule has 0 fully saturated rings. The van der Waals surface area contributed by atoms with Crippen molar-refractivity contribution in [2.75, 3.05) is 18.6 Å². The van der Waals surface area contributed by atoms with Crippen LogP contribution in [0.15, 0.2) is 24.5 Å². The zero-order valence-corrected chi connectivity index (χ0v) is 8.21. The van der Waals surface area contributed by atoms with E-state index in [2.05, 4.69) is 10.1 Å². The lowest BCUT2D eigenvalue weighted by Gasteiger charge is -2.01. The molecule has 0 atom stereocenters. The molecule has 0 saturated heterocycles. The second-order valence-electron chi connectivity index (χ2n) is 2.93. The Labute approximate surface area is 86.5 Å². The number of hydrogen-bond donors (Lipinski definition) is 2. The van der Waals surface area contributed by atoms with Crippen molar-refractivity contribution < 1.29 is 4.74 Å². The van der Waals surface area contributed by atoms with Crippen LogP contribution < -0.4 is 16.2 Å². The molecule has 2 aromatic rings. The topological polar surface area (TPSA) is 92.0 Å². The summed E-state index contributed by atoms with van der Waals surface area (Å²) in [5.41, 5.74) is 12.6. The third kappa shape index (κ3) is 1.45. The van der Waals surface area contributed by atoms with E-state index in [-0.39, 0.29) is 0 Å². The summed E-state index contributed by atoms with van der Waals surface area (Å²) in [6.07, 6.45) is 3.30. The van der Waals surface area contributed by atoms with Gasteiger partial charge in [0.05, 0.1) is 12.8 Å². The van der Waals surface area contributed by atoms with Crippen molar-refractivity contribution in [3.05, 3.63) is 24.5 Å². The lowest BCUT2D eigenvalue weighted by molar-refractivity contribution is 0.396. The van der Waals surface area contributed by atoms with Gasteiger partial charge in [-0.25, -0.2) is 4.68 Å². The van der Waals surface area contributed by atoms with Crippen LogP contribution in [-0.2, 0) is 0 Å². The zero-order valence-electron chi connectivity index (χ0n) is 8.21. The molecule has 0 aliphatic rings.